The number of fused-ring (bicyclic) bond motifs is 3. The van der Waals surface area contributed by atoms with E-state index in [2.05, 4.69) is 22.4 Å². The van der Waals surface area contributed by atoms with Gasteiger partial charge >= 0.3 is 0 Å². The first kappa shape index (κ1) is 17.9. The second kappa shape index (κ2) is 7.12. The molecule has 1 saturated carbocycles. The van der Waals surface area contributed by atoms with Crippen molar-refractivity contribution in [3.8, 4) is 17.0 Å². The van der Waals surface area contributed by atoms with E-state index in [-0.39, 0.29) is 0 Å². The summed E-state index contributed by atoms with van der Waals surface area (Å²) in [7, 11) is 1.98. The summed E-state index contributed by atoms with van der Waals surface area (Å²) < 4.78 is 9.76. The second-order valence-corrected chi connectivity index (χ2v) is 8.00. The van der Waals surface area contributed by atoms with E-state index in [0.29, 0.717) is 12.6 Å². The predicted molar refractivity (Wildman–Crippen MR) is 120 cm³/mol. The average Bonchev–Trinajstić information content (AvgIpc) is 3.38. The van der Waals surface area contributed by atoms with E-state index in [1.54, 1.807) is 0 Å². The summed E-state index contributed by atoms with van der Waals surface area (Å²) in [5, 5.41) is 8.33. The Labute approximate surface area is 179 Å². The molecule has 3 heterocycles. The molecule has 154 valence electrons. The number of hydrogen-bond acceptors (Lipinski definition) is 5. The topological polar surface area (TPSA) is 69.3 Å². The number of nitrogens with zero attached hydrogens (tertiary/aromatic N) is 5. The number of hydrogen-bond donors (Lipinski definition) is 1. The Morgan fingerprint density at radius 2 is 1.87 bits per heavy atom. The Morgan fingerprint density at radius 1 is 1.06 bits per heavy atom. The molecule has 0 radical (unpaired) electrons. The van der Waals surface area contributed by atoms with Crippen LogP contribution in [0.4, 0.5) is 5.82 Å². The first-order chi connectivity index (χ1) is 15.2. The molecule has 1 N–H and O–H groups in total. The van der Waals surface area contributed by atoms with Gasteiger partial charge in [-0.25, -0.2) is 9.97 Å². The molecule has 0 spiro atoms. The SMILES string of the molecule is Cn1cnc2c(NC3CC3)nc3cc(-c4ccc(OCc5ccccc5)cc4)nn3c21. The molecule has 0 aliphatic heterocycles. The molecule has 3 aromatic heterocycles. The largest absolute Gasteiger partial charge is 0.489 e. The number of rotatable bonds is 6. The minimum absolute atomic E-state index is 0.506. The lowest BCUT2D eigenvalue weighted by atomic mass is 10.1. The van der Waals surface area contributed by atoms with Crippen LogP contribution in [-0.4, -0.2) is 30.2 Å². The fraction of sp³-hybridized carbons (Fsp3) is 0.208. The lowest BCUT2D eigenvalue weighted by Gasteiger charge is -2.07. The Kier molecular flexibility index (Phi) is 4.12. The maximum atomic E-state index is 5.91. The predicted octanol–water partition coefficient (Wildman–Crippen LogP) is 4.44. The van der Waals surface area contributed by atoms with E-state index in [9.17, 15) is 0 Å². The molecular weight excluding hydrogens is 388 g/mol. The van der Waals surface area contributed by atoms with Crippen LogP contribution in [0.1, 0.15) is 18.4 Å². The van der Waals surface area contributed by atoms with E-state index in [4.69, 9.17) is 14.8 Å². The van der Waals surface area contributed by atoms with Gasteiger partial charge in [0.15, 0.2) is 22.6 Å². The average molecular weight is 410 g/mol. The van der Waals surface area contributed by atoms with Crippen LogP contribution in [0.5, 0.6) is 5.75 Å². The summed E-state index contributed by atoms with van der Waals surface area (Å²) in [5.74, 6) is 1.67. The molecule has 1 fully saturated rings. The zero-order valence-corrected chi connectivity index (χ0v) is 17.2. The third-order valence-electron chi connectivity index (χ3n) is 5.56. The first-order valence-corrected chi connectivity index (χ1v) is 10.5. The van der Waals surface area contributed by atoms with Crippen LogP contribution < -0.4 is 10.1 Å². The van der Waals surface area contributed by atoms with Gasteiger partial charge in [0.1, 0.15) is 12.4 Å². The molecule has 0 unspecified atom stereocenters. The summed E-state index contributed by atoms with van der Waals surface area (Å²) in [5.41, 5.74) is 5.62. The molecular formula is C24H22N6O. The van der Waals surface area contributed by atoms with E-state index in [1.165, 1.54) is 12.8 Å². The van der Waals surface area contributed by atoms with Crippen LogP contribution in [0.25, 0.3) is 28.1 Å². The number of nitrogens with one attached hydrogen (secondary N) is 1. The van der Waals surface area contributed by atoms with Crippen molar-refractivity contribution in [3.63, 3.8) is 0 Å². The van der Waals surface area contributed by atoms with Gasteiger partial charge < -0.3 is 14.6 Å². The quantitative estimate of drug-likeness (QED) is 0.448. The van der Waals surface area contributed by atoms with Crippen molar-refractivity contribution in [1.82, 2.24) is 24.1 Å². The van der Waals surface area contributed by atoms with Gasteiger partial charge in [0.05, 0.1) is 12.0 Å². The smallest absolute Gasteiger partial charge is 0.167 e. The lowest BCUT2D eigenvalue weighted by molar-refractivity contribution is 0.306. The first-order valence-electron chi connectivity index (χ1n) is 10.5. The number of anilines is 1. The highest BCUT2D eigenvalue weighted by Crippen LogP contribution is 2.30. The van der Waals surface area contributed by atoms with Gasteiger partial charge in [-0.2, -0.15) is 9.61 Å². The fourth-order valence-electron chi connectivity index (χ4n) is 3.74. The van der Waals surface area contributed by atoms with Gasteiger partial charge in [-0.3, -0.25) is 0 Å². The van der Waals surface area contributed by atoms with Crippen molar-refractivity contribution < 1.29 is 4.74 Å². The highest BCUT2D eigenvalue weighted by molar-refractivity contribution is 5.86. The second-order valence-electron chi connectivity index (χ2n) is 8.00. The van der Waals surface area contributed by atoms with Gasteiger partial charge in [0.25, 0.3) is 0 Å². The molecule has 6 rings (SSSR count). The van der Waals surface area contributed by atoms with E-state index in [1.807, 2.05) is 71.0 Å². The van der Waals surface area contributed by atoms with Gasteiger partial charge in [0.2, 0.25) is 0 Å². The zero-order chi connectivity index (χ0) is 20.8. The molecule has 0 bridgehead atoms. The van der Waals surface area contributed by atoms with Gasteiger partial charge in [-0.05, 0) is 42.7 Å². The Hall–Kier alpha value is -3.87. The molecule has 31 heavy (non-hydrogen) atoms. The maximum Gasteiger partial charge on any atom is 0.167 e. The monoisotopic (exact) mass is 410 g/mol. The molecule has 2 aromatic carbocycles. The van der Waals surface area contributed by atoms with Crippen molar-refractivity contribution in [2.75, 3.05) is 5.32 Å². The van der Waals surface area contributed by atoms with Crippen LogP contribution in [0.3, 0.4) is 0 Å². The van der Waals surface area contributed by atoms with Gasteiger partial charge in [-0.15, -0.1) is 0 Å². The van der Waals surface area contributed by atoms with Crippen molar-refractivity contribution in [3.05, 3.63) is 72.6 Å². The van der Waals surface area contributed by atoms with Gasteiger partial charge in [0, 0.05) is 24.7 Å². The number of aryl methyl sites for hydroxylation is 1. The van der Waals surface area contributed by atoms with Crippen LogP contribution in [0, 0.1) is 0 Å². The molecule has 0 atom stereocenters. The summed E-state index contributed by atoms with van der Waals surface area (Å²) >= 11 is 0. The maximum absolute atomic E-state index is 5.91. The third kappa shape index (κ3) is 3.38. The summed E-state index contributed by atoms with van der Waals surface area (Å²) in [6, 6.07) is 20.7. The summed E-state index contributed by atoms with van der Waals surface area (Å²) in [6.07, 6.45) is 4.18. The molecule has 1 aliphatic carbocycles. The van der Waals surface area contributed by atoms with Crippen LogP contribution in [0.15, 0.2) is 67.0 Å². The molecule has 1 aliphatic rings. The number of benzene rings is 2. The minimum Gasteiger partial charge on any atom is -0.489 e. The standard InChI is InChI=1S/C24H22N6O/c1-29-15-25-22-23(26-18-9-10-18)27-21-13-20(28-30(21)24(22)29)17-7-11-19(12-8-17)31-14-16-5-3-2-4-6-16/h2-8,11-13,15,18H,9-10,14H2,1H3,(H,26,27). The van der Waals surface area contributed by atoms with Crippen LogP contribution >= 0.6 is 0 Å². The number of aromatic nitrogens is 5. The normalized spacial score (nSPS) is 13.7. The minimum atomic E-state index is 0.506. The van der Waals surface area contributed by atoms with Crippen molar-refractivity contribution in [2.45, 2.75) is 25.5 Å². The molecule has 7 heteroatoms. The molecule has 7 nitrogen and oxygen atoms in total. The highest BCUT2D eigenvalue weighted by atomic mass is 16.5. The lowest BCUT2D eigenvalue weighted by Crippen LogP contribution is -2.06. The van der Waals surface area contributed by atoms with Crippen LogP contribution in [-0.2, 0) is 13.7 Å². The number of imidazole rings is 1. The Morgan fingerprint density at radius 3 is 2.65 bits per heavy atom. The third-order valence-corrected chi connectivity index (χ3v) is 5.56. The van der Waals surface area contributed by atoms with Crippen molar-refractivity contribution in [1.29, 1.82) is 0 Å². The summed E-state index contributed by atoms with van der Waals surface area (Å²) in [4.78, 5) is 9.36. The molecule has 0 saturated heterocycles. The van der Waals surface area contributed by atoms with E-state index in [0.717, 1.165) is 45.2 Å². The fourth-order valence-corrected chi connectivity index (χ4v) is 3.74. The van der Waals surface area contributed by atoms with E-state index < -0.39 is 0 Å². The van der Waals surface area contributed by atoms with Crippen LogP contribution in [0.2, 0.25) is 0 Å². The van der Waals surface area contributed by atoms with Crippen molar-refractivity contribution in [2.24, 2.45) is 7.05 Å². The van der Waals surface area contributed by atoms with Crippen molar-refractivity contribution >= 4 is 22.6 Å². The van der Waals surface area contributed by atoms with E-state index >= 15 is 0 Å². The number of ether oxygens (including phenoxy) is 1. The molecule has 5 aromatic rings. The highest BCUT2D eigenvalue weighted by Gasteiger charge is 2.24. The summed E-state index contributed by atoms with van der Waals surface area (Å²) in [6.45, 7) is 0.549. The van der Waals surface area contributed by atoms with Gasteiger partial charge in [-0.1, -0.05) is 30.3 Å². The Bertz CT molecular complexity index is 1370. The Balaban J connectivity index is 1.31. The zero-order valence-electron chi connectivity index (χ0n) is 17.2. The molecule has 0 amide bonds.